The molecule has 0 heterocycles. The number of hydrogen-bond acceptors (Lipinski definition) is 0. The Morgan fingerprint density at radius 1 is 1.73 bits per heavy atom. The highest BCUT2D eigenvalue weighted by Gasteiger charge is 2.17. The van der Waals surface area contributed by atoms with Crippen LogP contribution in [0.5, 0.6) is 0 Å². The third-order valence-electron chi connectivity index (χ3n) is 2.67. The molecule has 0 spiro atoms. The molecule has 0 N–H and O–H groups in total. The molecule has 0 aliphatic heterocycles. The maximum atomic E-state index is 3.79. The molecule has 0 fully saturated rings. The molecular weight excluding hydrogens is 132 g/mol. The van der Waals surface area contributed by atoms with Gasteiger partial charge in [-0.25, -0.2) is 0 Å². The van der Waals surface area contributed by atoms with Crippen molar-refractivity contribution in [3.8, 4) is 0 Å². The zero-order valence-electron chi connectivity index (χ0n) is 7.64. The molecule has 2 atom stereocenters. The first-order valence-electron chi connectivity index (χ1n) is 4.52. The van der Waals surface area contributed by atoms with Gasteiger partial charge in [0.05, 0.1) is 0 Å². The van der Waals surface area contributed by atoms with E-state index < -0.39 is 0 Å². The minimum absolute atomic E-state index is 0.766. The van der Waals surface area contributed by atoms with Crippen molar-refractivity contribution in [1.82, 2.24) is 0 Å². The molecule has 0 aromatic heterocycles. The topological polar surface area (TPSA) is 0 Å². The molecular formula is C11H18. The Balaban J connectivity index is 2.52. The molecule has 2 unspecified atom stereocenters. The Kier molecular flexibility index (Phi) is 2.92. The van der Waals surface area contributed by atoms with Crippen molar-refractivity contribution in [3.05, 3.63) is 24.3 Å². The van der Waals surface area contributed by atoms with Crippen LogP contribution in [0.4, 0.5) is 0 Å². The quantitative estimate of drug-likeness (QED) is 0.528. The molecule has 11 heavy (non-hydrogen) atoms. The van der Waals surface area contributed by atoms with Crippen LogP contribution in [0.3, 0.4) is 0 Å². The maximum Gasteiger partial charge on any atom is -0.0228 e. The predicted octanol–water partition coefficient (Wildman–Crippen LogP) is 3.55. The Morgan fingerprint density at radius 2 is 2.45 bits per heavy atom. The predicted molar refractivity (Wildman–Crippen MR) is 50.5 cm³/mol. The van der Waals surface area contributed by atoms with Crippen LogP contribution in [0.1, 0.15) is 33.1 Å². The summed E-state index contributed by atoms with van der Waals surface area (Å²) in [7, 11) is 0. The van der Waals surface area contributed by atoms with E-state index >= 15 is 0 Å². The fraction of sp³-hybridized carbons (Fsp3) is 0.636. The molecule has 0 aromatic rings. The zero-order valence-corrected chi connectivity index (χ0v) is 7.64. The SMILES string of the molecule is C=CCC1CCC(C)=CC1C. The second-order valence-corrected chi connectivity index (χ2v) is 3.70. The molecule has 0 saturated carbocycles. The van der Waals surface area contributed by atoms with Gasteiger partial charge in [0.15, 0.2) is 0 Å². The molecule has 62 valence electrons. The van der Waals surface area contributed by atoms with Crippen molar-refractivity contribution in [3.63, 3.8) is 0 Å². The first kappa shape index (κ1) is 8.58. The lowest BCUT2D eigenvalue weighted by molar-refractivity contribution is 0.375. The Morgan fingerprint density at radius 3 is 3.00 bits per heavy atom. The van der Waals surface area contributed by atoms with Crippen molar-refractivity contribution in [2.45, 2.75) is 33.1 Å². The van der Waals surface area contributed by atoms with Crippen LogP contribution in [0.15, 0.2) is 24.3 Å². The third kappa shape index (κ3) is 2.21. The van der Waals surface area contributed by atoms with Gasteiger partial charge in [-0.05, 0) is 38.0 Å². The van der Waals surface area contributed by atoms with E-state index in [9.17, 15) is 0 Å². The average Bonchev–Trinajstić information content (AvgIpc) is 1.95. The van der Waals surface area contributed by atoms with Gasteiger partial charge < -0.3 is 0 Å². The molecule has 0 heteroatoms. The van der Waals surface area contributed by atoms with Gasteiger partial charge in [0.25, 0.3) is 0 Å². The van der Waals surface area contributed by atoms with Crippen molar-refractivity contribution in [2.75, 3.05) is 0 Å². The fourth-order valence-corrected chi connectivity index (χ4v) is 1.89. The lowest BCUT2D eigenvalue weighted by Crippen LogP contribution is -2.13. The monoisotopic (exact) mass is 150 g/mol. The van der Waals surface area contributed by atoms with E-state index in [4.69, 9.17) is 0 Å². The van der Waals surface area contributed by atoms with Crippen LogP contribution in [0.25, 0.3) is 0 Å². The Labute approximate surface area is 70.0 Å². The molecule has 1 rings (SSSR count). The molecule has 0 nitrogen and oxygen atoms in total. The van der Waals surface area contributed by atoms with E-state index in [1.165, 1.54) is 19.3 Å². The van der Waals surface area contributed by atoms with Gasteiger partial charge in [0.1, 0.15) is 0 Å². The molecule has 0 radical (unpaired) electrons. The molecule has 0 amide bonds. The zero-order chi connectivity index (χ0) is 8.27. The van der Waals surface area contributed by atoms with Crippen molar-refractivity contribution < 1.29 is 0 Å². The van der Waals surface area contributed by atoms with Crippen LogP contribution < -0.4 is 0 Å². The van der Waals surface area contributed by atoms with Crippen LogP contribution in [0, 0.1) is 11.8 Å². The van der Waals surface area contributed by atoms with Crippen molar-refractivity contribution in [2.24, 2.45) is 11.8 Å². The van der Waals surface area contributed by atoms with Crippen molar-refractivity contribution in [1.29, 1.82) is 0 Å². The lowest BCUT2D eigenvalue weighted by atomic mass is 9.80. The maximum absolute atomic E-state index is 3.79. The highest BCUT2D eigenvalue weighted by atomic mass is 14.2. The summed E-state index contributed by atoms with van der Waals surface area (Å²) in [4.78, 5) is 0. The summed E-state index contributed by atoms with van der Waals surface area (Å²) < 4.78 is 0. The van der Waals surface area contributed by atoms with Crippen molar-refractivity contribution >= 4 is 0 Å². The average molecular weight is 150 g/mol. The summed E-state index contributed by atoms with van der Waals surface area (Å²) >= 11 is 0. The number of allylic oxidation sites excluding steroid dienone is 3. The normalized spacial score (nSPS) is 31.3. The standard InChI is InChI=1S/C11H18/c1-4-5-11-7-6-9(2)8-10(11)3/h4,8,10-11H,1,5-7H2,2-3H3. The van der Waals surface area contributed by atoms with E-state index in [2.05, 4.69) is 32.6 Å². The van der Waals surface area contributed by atoms with Gasteiger partial charge in [-0.2, -0.15) is 0 Å². The summed E-state index contributed by atoms with van der Waals surface area (Å²) in [6.07, 6.45) is 8.30. The van der Waals surface area contributed by atoms with E-state index in [-0.39, 0.29) is 0 Å². The van der Waals surface area contributed by atoms with E-state index in [0.29, 0.717) is 0 Å². The molecule has 0 aromatic carbocycles. The first-order valence-corrected chi connectivity index (χ1v) is 4.52. The first-order chi connectivity index (χ1) is 5.24. The van der Waals surface area contributed by atoms with Gasteiger partial charge in [0, 0.05) is 0 Å². The summed E-state index contributed by atoms with van der Waals surface area (Å²) in [5.41, 5.74) is 1.57. The molecule has 1 aliphatic rings. The van der Waals surface area contributed by atoms with Gasteiger partial charge in [-0.3, -0.25) is 0 Å². The summed E-state index contributed by atoms with van der Waals surface area (Å²) in [6, 6.07) is 0. The summed E-state index contributed by atoms with van der Waals surface area (Å²) in [6.45, 7) is 8.34. The fourth-order valence-electron chi connectivity index (χ4n) is 1.89. The second kappa shape index (κ2) is 3.75. The lowest BCUT2D eigenvalue weighted by Gasteiger charge is -2.25. The van der Waals surface area contributed by atoms with E-state index in [1.54, 1.807) is 5.57 Å². The van der Waals surface area contributed by atoms with Gasteiger partial charge in [0.2, 0.25) is 0 Å². The largest absolute Gasteiger partial charge is 0.103 e. The summed E-state index contributed by atoms with van der Waals surface area (Å²) in [5, 5.41) is 0. The summed E-state index contributed by atoms with van der Waals surface area (Å²) in [5.74, 6) is 1.62. The Bertz CT molecular complexity index is 165. The van der Waals surface area contributed by atoms with Crippen LogP contribution >= 0.6 is 0 Å². The van der Waals surface area contributed by atoms with Crippen LogP contribution in [-0.4, -0.2) is 0 Å². The van der Waals surface area contributed by atoms with Gasteiger partial charge >= 0.3 is 0 Å². The smallest absolute Gasteiger partial charge is 0.0228 e. The minimum atomic E-state index is 0.766. The molecule has 0 saturated heterocycles. The van der Waals surface area contributed by atoms with E-state index in [0.717, 1.165) is 11.8 Å². The van der Waals surface area contributed by atoms with Gasteiger partial charge in [-0.15, -0.1) is 6.58 Å². The number of rotatable bonds is 2. The van der Waals surface area contributed by atoms with E-state index in [1.807, 2.05) is 0 Å². The highest BCUT2D eigenvalue weighted by Crippen LogP contribution is 2.30. The third-order valence-corrected chi connectivity index (χ3v) is 2.67. The second-order valence-electron chi connectivity index (χ2n) is 3.70. The minimum Gasteiger partial charge on any atom is -0.103 e. The molecule has 1 aliphatic carbocycles. The van der Waals surface area contributed by atoms with Crippen LogP contribution in [-0.2, 0) is 0 Å². The highest BCUT2D eigenvalue weighted by molar-refractivity contribution is 5.06. The van der Waals surface area contributed by atoms with Crippen LogP contribution in [0.2, 0.25) is 0 Å². The molecule has 0 bridgehead atoms. The number of hydrogen-bond donors (Lipinski definition) is 0. The Hall–Kier alpha value is -0.520. The van der Waals surface area contributed by atoms with Gasteiger partial charge in [-0.1, -0.05) is 24.6 Å².